The van der Waals surface area contributed by atoms with Crippen molar-refractivity contribution in [1.29, 1.82) is 0 Å². The Labute approximate surface area is 137 Å². The average molecular weight is 313 g/mol. The summed E-state index contributed by atoms with van der Waals surface area (Å²) < 4.78 is 5.68. The quantitative estimate of drug-likeness (QED) is 0.845. The van der Waals surface area contributed by atoms with Crippen LogP contribution in [0.1, 0.15) is 37.9 Å². The summed E-state index contributed by atoms with van der Waals surface area (Å²) in [6.07, 6.45) is 7.20. The minimum atomic E-state index is 0.464. The second kappa shape index (κ2) is 6.89. The van der Waals surface area contributed by atoms with E-state index in [1.54, 1.807) is 12.4 Å². The van der Waals surface area contributed by atoms with Gasteiger partial charge in [0, 0.05) is 19.2 Å². The molecule has 1 aliphatic rings. The topological polar surface area (TPSA) is 64.0 Å². The zero-order chi connectivity index (χ0) is 16.2. The van der Waals surface area contributed by atoms with Gasteiger partial charge in [0.1, 0.15) is 5.82 Å². The number of rotatable bonds is 5. The molecule has 0 aromatic carbocycles. The van der Waals surface area contributed by atoms with Crippen molar-refractivity contribution in [3.05, 3.63) is 35.7 Å². The second-order valence-electron chi connectivity index (χ2n) is 6.20. The van der Waals surface area contributed by atoms with Gasteiger partial charge in [0.2, 0.25) is 5.88 Å². The maximum atomic E-state index is 5.68. The Balaban J connectivity index is 1.76. The molecule has 3 heterocycles. The molecule has 0 fully saturated rings. The van der Waals surface area contributed by atoms with Gasteiger partial charge >= 0.3 is 0 Å². The first-order chi connectivity index (χ1) is 11.2. The fourth-order valence-electron chi connectivity index (χ4n) is 2.52. The summed E-state index contributed by atoms with van der Waals surface area (Å²) in [5, 5.41) is 0. The van der Waals surface area contributed by atoms with Crippen molar-refractivity contribution in [2.75, 3.05) is 18.1 Å². The molecule has 2 aromatic heterocycles. The molecular formula is C17H23N5O. The standard InChI is InChI=1S/C17H23N5O/c1-4-15-19-7-13-5-6-22(10-14(13)20-15)16-8-18-9-17(21-16)23-11-12(2)3/h7-9,12H,4-6,10-11H2,1-3H3. The molecule has 1 aliphatic heterocycles. The highest BCUT2D eigenvalue weighted by Gasteiger charge is 2.20. The molecule has 0 N–H and O–H groups in total. The van der Waals surface area contributed by atoms with Crippen LogP contribution in [0.15, 0.2) is 18.6 Å². The van der Waals surface area contributed by atoms with E-state index in [-0.39, 0.29) is 0 Å². The third-order valence-electron chi connectivity index (χ3n) is 3.80. The SMILES string of the molecule is CCc1ncc2c(n1)CN(c1cncc(OCC(C)C)n1)CC2. The van der Waals surface area contributed by atoms with E-state index in [1.807, 2.05) is 6.20 Å². The molecule has 0 spiro atoms. The number of aromatic nitrogens is 4. The molecule has 0 amide bonds. The van der Waals surface area contributed by atoms with Crippen LogP contribution in [-0.4, -0.2) is 33.1 Å². The van der Waals surface area contributed by atoms with Gasteiger partial charge in [-0.2, -0.15) is 4.98 Å². The first-order valence-electron chi connectivity index (χ1n) is 8.19. The first kappa shape index (κ1) is 15.6. The van der Waals surface area contributed by atoms with E-state index in [4.69, 9.17) is 4.74 Å². The molecule has 0 atom stereocenters. The predicted octanol–water partition coefficient (Wildman–Crippen LogP) is 2.43. The Hall–Kier alpha value is -2.24. The molecule has 3 rings (SSSR count). The predicted molar refractivity (Wildman–Crippen MR) is 88.5 cm³/mol. The van der Waals surface area contributed by atoms with Crippen LogP contribution in [0, 0.1) is 5.92 Å². The second-order valence-corrected chi connectivity index (χ2v) is 6.20. The Morgan fingerprint density at radius 3 is 2.87 bits per heavy atom. The third-order valence-corrected chi connectivity index (χ3v) is 3.80. The third kappa shape index (κ3) is 3.75. The summed E-state index contributed by atoms with van der Waals surface area (Å²) in [7, 11) is 0. The fourth-order valence-corrected chi connectivity index (χ4v) is 2.52. The van der Waals surface area contributed by atoms with Crippen molar-refractivity contribution in [2.45, 2.75) is 40.2 Å². The molecule has 0 aliphatic carbocycles. The van der Waals surface area contributed by atoms with Gasteiger partial charge in [0.05, 0.1) is 31.2 Å². The maximum absolute atomic E-state index is 5.68. The molecule has 122 valence electrons. The van der Waals surface area contributed by atoms with E-state index < -0.39 is 0 Å². The summed E-state index contributed by atoms with van der Waals surface area (Å²) in [4.78, 5) is 20.1. The van der Waals surface area contributed by atoms with Crippen molar-refractivity contribution in [3.63, 3.8) is 0 Å². The summed E-state index contributed by atoms with van der Waals surface area (Å²) in [6, 6.07) is 0. The minimum Gasteiger partial charge on any atom is -0.476 e. The molecule has 0 saturated carbocycles. The molecule has 6 heteroatoms. The molecule has 6 nitrogen and oxygen atoms in total. The Morgan fingerprint density at radius 2 is 2.09 bits per heavy atom. The Morgan fingerprint density at radius 1 is 1.22 bits per heavy atom. The van der Waals surface area contributed by atoms with Crippen LogP contribution < -0.4 is 9.64 Å². The van der Waals surface area contributed by atoms with Crippen LogP contribution in [0.5, 0.6) is 5.88 Å². The van der Waals surface area contributed by atoms with Gasteiger partial charge < -0.3 is 9.64 Å². The molecule has 0 unspecified atom stereocenters. The average Bonchev–Trinajstić information content (AvgIpc) is 2.59. The minimum absolute atomic E-state index is 0.464. The van der Waals surface area contributed by atoms with Gasteiger partial charge in [0.25, 0.3) is 0 Å². The Bertz CT molecular complexity index is 674. The molecule has 2 aromatic rings. The van der Waals surface area contributed by atoms with Crippen LogP contribution in [0.25, 0.3) is 0 Å². The lowest BCUT2D eigenvalue weighted by Gasteiger charge is -2.28. The van der Waals surface area contributed by atoms with Crippen LogP contribution in [-0.2, 0) is 19.4 Å². The normalized spacial score (nSPS) is 14.0. The van der Waals surface area contributed by atoms with E-state index in [0.717, 1.165) is 43.3 Å². The van der Waals surface area contributed by atoms with Gasteiger partial charge in [0.15, 0.2) is 5.82 Å². The zero-order valence-corrected chi connectivity index (χ0v) is 14.0. The number of hydrogen-bond acceptors (Lipinski definition) is 6. The van der Waals surface area contributed by atoms with Crippen LogP contribution >= 0.6 is 0 Å². The summed E-state index contributed by atoms with van der Waals surface area (Å²) in [5.74, 6) is 2.78. The van der Waals surface area contributed by atoms with Crippen molar-refractivity contribution in [1.82, 2.24) is 19.9 Å². The number of fused-ring (bicyclic) bond motifs is 1. The molecular weight excluding hydrogens is 290 g/mol. The molecule has 0 radical (unpaired) electrons. The van der Waals surface area contributed by atoms with Crippen molar-refractivity contribution in [3.8, 4) is 5.88 Å². The number of nitrogens with zero attached hydrogens (tertiary/aromatic N) is 5. The lowest BCUT2D eigenvalue weighted by Crippen LogP contribution is -2.32. The lowest BCUT2D eigenvalue weighted by atomic mass is 10.1. The zero-order valence-electron chi connectivity index (χ0n) is 14.0. The molecule has 23 heavy (non-hydrogen) atoms. The summed E-state index contributed by atoms with van der Waals surface area (Å²) in [5.41, 5.74) is 2.33. The van der Waals surface area contributed by atoms with Gasteiger partial charge in [-0.3, -0.25) is 4.98 Å². The highest BCUT2D eigenvalue weighted by Crippen LogP contribution is 2.22. The van der Waals surface area contributed by atoms with E-state index in [9.17, 15) is 0 Å². The van der Waals surface area contributed by atoms with Crippen LogP contribution in [0.2, 0.25) is 0 Å². The summed E-state index contributed by atoms with van der Waals surface area (Å²) >= 11 is 0. The van der Waals surface area contributed by atoms with E-state index >= 15 is 0 Å². The number of ether oxygens (including phenoxy) is 1. The highest BCUT2D eigenvalue weighted by molar-refractivity contribution is 5.41. The van der Waals surface area contributed by atoms with Gasteiger partial charge in [-0.15, -0.1) is 0 Å². The van der Waals surface area contributed by atoms with Gasteiger partial charge in [-0.1, -0.05) is 20.8 Å². The van der Waals surface area contributed by atoms with E-state index in [2.05, 4.69) is 45.6 Å². The van der Waals surface area contributed by atoms with E-state index in [0.29, 0.717) is 18.4 Å². The monoisotopic (exact) mass is 313 g/mol. The molecule has 0 saturated heterocycles. The van der Waals surface area contributed by atoms with Gasteiger partial charge in [-0.05, 0) is 17.9 Å². The Kier molecular flexibility index (Phi) is 4.69. The fraction of sp³-hybridized carbons (Fsp3) is 0.529. The number of aryl methyl sites for hydroxylation is 1. The smallest absolute Gasteiger partial charge is 0.234 e. The lowest BCUT2D eigenvalue weighted by molar-refractivity contribution is 0.260. The van der Waals surface area contributed by atoms with Crippen molar-refractivity contribution >= 4 is 5.82 Å². The first-order valence-corrected chi connectivity index (χ1v) is 8.19. The van der Waals surface area contributed by atoms with Crippen LogP contribution in [0.4, 0.5) is 5.82 Å². The van der Waals surface area contributed by atoms with Crippen molar-refractivity contribution in [2.24, 2.45) is 5.92 Å². The largest absolute Gasteiger partial charge is 0.476 e. The molecule has 0 bridgehead atoms. The van der Waals surface area contributed by atoms with Gasteiger partial charge in [-0.25, -0.2) is 9.97 Å². The highest BCUT2D eigenvalue weighted by atomic mass is 16.5. The number of hydrogen-bond donors (Lipinski definition) is 0. The van der Waals surface area contributed by atoms with E-state index in [1.165, 1.54) is 5.56 Å². The maximum Gasteiger partial charge on any atom is 0.234 e. The number of anilines is 1. The summed E-state index contributed by atoms with van der Waals surface area (Å²) in [6.45, 7) is 8.59. The van der Waals surface area contributed by atoms with Crippen molar-refractivity contribution < 1.29 is 4.74 Å². The van der Waals surface area contributed by atoms with Crippen LogP contribution in [0.3, 0.4) is 0 Å².